The smallest absolute Gasteiger partial charge is 0.173 e. The number of tetrazole rings is 1. The highest BCUT2D eigenvalue weighted by Gasteiger charge is 2.33. The van der Waals surface area contributed by atoms with Crippen LogP contribution in [-0.4, -0.2) is 69.3 Å². The molecular formula is C26H34N6O. The van der Waals surface area contributed by atoms with Gasteiger partial charge in [0.15, 0.2) is 5.82 Å². The second kappa shape index (κ2) is 10.0. The van der Waals surface area contributed by atoms with Crippen molar-refractivity contribution in [2.24, 2.45) is 0 Å². The molecule has 1 aliphatic carbocycles. The van der Waals surface area contributed by atoms with Crippen molar-refractivity contribution in [2.75, 3.05) is 33.3 Å². The molecule has 1 atom stereocenters. The number of hydrogen-bond acceptors (Lipinski definition) is 6. The minimum absolute atomic E-state index is 0.0459. The van der Waals surface area contributed by atoms with Crippen LogP contribution in [0.25, 0.3) is 0 Å². The van der Waals surface area contributed by atoms with E-state index in [-0.39, 0.29) is 6.04 Å². The first kappa shape index (κ1) is 22.0. The number of benzene rings is 2. The van der Waals surface area contributed by atoms with Crippen LogP contribution >= 0.6 is 0 Å². The van der Waals surface area contributed by atoms with Crippen LogP contribution in [0.5, 0.6) is 5.75 Å². The van der Waals surface area contributed by atoms with Crippen LogP contribution in [0.4, 0.5) is 0 Å². The van der Waals surface area contributed by atoms with Crippen molar-refractivity contribution < 1.29 is 4.74 Å². The van der Waals surface area contributed by atoms with E-state index >= 15 is 0 Å². The summed E-state index contributed by atoms with van der Waals surface area (Å²) in [4.78, 5) is 5.27. The first-order chi connectivity index (χ1) is 16.2. The molecule has 2 aromatic carbocycles. The SMILES string of the molecule is COc1ccc(Cn2nnnc2[C@@H](c2ccc(C)cc2)N2CCN(C3CCCC3)CC2)cc1. The van der Waals surface area contributed by atoms with Gasteiger partial charge in [0.05, 0.1) is 19.7 Å². The molecule has 0 bridgehead atoms. The van der Waals surface area contributed by atoms with Gasteiger partial charge in [-0.05, 0) is 53.5 Å². The van der Waals surface area contributed by atoms with E-state index in [1.165, 1.54) is 36.8 Å². The van der Waals surface area contributed by atoms with Crippen LogP contribution in [0, 0.1) is 6.92 Å². The van der Waals surface area contributed by atoms with Crippen molar-refractivity contribution in [3.05, 3.63) is 71.0 Å². The molecule has 1 aromatic heterocycles. The minimum Gasteiger partial charge on any atom is -0.497 e. The molecule has 1 saturated heterocycles. The van der Waals surface area contributed by atoms with Crippen LogP contribution in [0.1, 0.15) is 54.2 Å². The fourth-order valence-corrected chi connectivity index (χ4v) is 5.33. The maximum atomic E-state index is 5.30. The van der Waals surface area contributed by atoms with E-state index < -0.39 is 0 Å². The lowest BCUT2D eigenvalue weighted by molar-refractivity contribution is 0.0771. The Balaban J connectivity index is 1.39. The number of hydrogen-bond donors (Lipinski definition) is 0. The lowest BCUT2D eigenvalue weighted by atomic mass is 10.0. The molecular weight excluding hydrogens is 412 g/mol. The lowest BCUT2D eigenvalue weighted by Gasteiger charge is -2.41. The highest BCUT2D eigenvalue weighted by Crippen LogP contribution is 2.31. The van der Waals surface area contributed by atoms with E-state index in [4.69, 9.17) is 4.74 Å². The summed E-state index contributed by atoms with van der Waals surface area (Å²) in [6.45, 7) is 7.07. The maximum Gasteiger partial charge on any atom is 0.173 e. The second-order valence-electron chi connectivity index (χ2n) is 9.37. The fourth-order valence-electron chi connectivity index (χ4n) is 5.33. The third-order valence-corrected chi connectivity index (χ3v) is 7.24. The Labute approximate surface area is 196 Å². The Morgan fingerprint density at radius 2 is 1.64 bits per heavy atom. The molecule has 0 unspecified atom stereocenters. The lowest BCUT2D eigenvalue weighted by Crippen LogP contribution is -2.51. The number of ether oxygens (including phenoxy) is 1. The predicted molar refractivity (Wildman–Crippen MR) is 128 cm³/mol. The van der Waals surface area contributed by atoms with Crippen molar-refractivity contribution in [3.8, 4) is 5.75 Å². The summed E-state index contributed by atoms with van der Waals surface area (Å²) < 4.78 is 7.25. The number of rotatable bonds is 7. The van der Waals surface area contributed by atoms with Gasteiger partial charge in [0, 0.05) is 32.2 Å². The molecule has 1 aliphatic heterocycles. The zero-order chi connectivity index (χ0) is 22.6. The number of nitrogens with zero attached hydrogens (tertiary/aromatic N) is 6. The molecule has 0 radical (unpaired) electrons. The van der Waals surface area contributed by atoms with Crippen molar-refractivity contribution in [1.29, 1.82) is 0 Å². The number of aromatic nitrogens is 4. The van der Waals surface area contributed by atoms with Gasteiger partial charge >= 0.3 is 0 Å². The molecule has 1 saturated carbocycles. The van der Waals surface area contributed by atoms with E-state index in [0.29, 0.717) is 6.54 Å². The van der Waals surface area contributed by atoms with Gasteiger partial charge in [0.2, 0.25) is 0 Å². The molecule has 2 aliphatic rings. The van der Waals surface area contributed by atoms with Gasteiger partial charge in [-0.25, -0.2) is 4.68 Å². The standard InChI is InChI=1S/C26H34N6O/c1-20-7-11-22(12-8-20)25(31-17-15-30(16-18-31)23-5-3-4-6-23)26-27-28-29-32(26)19-21-9-13-24(33-2)14-10-21/h7-14,23,25H,3-6,15-19H2,1-2H3/t25-/m1/s1. The van der Waals surface area contributed by atoms with E-state index in [2.05, 4.69) is 68.6 Å². The highest BCUT2D eigenvalue weighted by atomic mass is 16.5. The largest absolute Gasteiger partial charge is 0.497 e. The zero-order valence-electron chi connectivity index (χ0n) is 19.7. The van der Waals surface area contributed by atoms with Crippen LogP contribution in [0.15, 0.2) is 48.5 Å². The predicted octanol–water partition coefficient (Wildman–Crippen LogP) is 3.69. The molecule has 33 heavy (non-hydrogen) atoms. The summed E-state index contributed by atoms with van der Waals surface area (Å²) in [6, 6.07) is 17.8. The van der Waals surface area contributed by atoms with Crippen molar-refractivity contribution in [2.45, 2.75) is 51.2 Å². The first-order valence-electron chi connectivity index (χ1n) is 12.1. The summed E-state index contributed by atoms with van der Waals surface area (Å²) in [5.74, 6) is 1.76. The van der Waals surface area contributed by atoms with Crippen LogP contribution in [0.2, 0.25) is 0 Å². The molecule has 5 rings (SSSR count). The summed E-state index contributed by atoms with van der Waals surface area (Å²) in [5, 5.41) is 13.0. The summed E-state index contributed by atoms with van der Waals surface area (Å²) >= 11 is 0. The van der Waals surface area contributed by atoms with Crippen LogP contribution < -0.4 is 4.74 Å². The average Bonchev–Trinajstić information content (AvgIpc) is 3.55. The van der Waals surface area contributed by atoms with Gasteiger partial charge in [-0.3, -0.25) is 9.80 Å². The Morgan fingerprint density at radius 3 is 2.30 bits per heavy atom. The molecule has 174 valence electrons. The Hall–Kier alpha value is -2.77. The molecule has 0 N–H and O–H groups in total. The van der Waals surface area contributed by atoms with Crippen LogP contribution in [-0.2, 0) is 6.54 Å². The number of piperazine rings is 1. The normalized spacial score (nSPS) is 19.1. The number of aryl methyl sites for hydroxylation is 1. The van der Waals surface area contributed by atoms with Crippen molar-refractivity contribution in [1.82, 2.24) is 30.0 Å². The van der Waals surface area contributed by atoms with E-state index in [1.54, 1.807) is 7.11 Å². The monoisotopic (exact) mass is 446 g/mol. The topological polar surface area (TPSA) is 59.3 Å². The Morgan fingerprint density at radius 1 is 0.939 bits per heavy atom. The Kier molecular flexibility index (Phi) is 6.69. The quantitative estimate of drug-likeness (QED) is 0.552. The van der Waals surface area contributed by atoms with E-state index in [9.17, 15) is 0 Å². The third-order valence-electron chi connectivity index (χ3n) is 7.24. The van der Waals surface area contributed by atoms with Gasteiger partial charge in [-0.1, -0.05) is 54.8 Å². The Bertz CT molecular complexity index is 1020. The fraction of sp³-hybridized carbons (Fsp3) is 0.500. The van der Waals surface area contributed by atoms with Crippen LogP contribution in [0.3, 0.4) is 0 Å². The first-order valence-corrected chi connectivity index (χ1v) is 12.1. The summed E-state index contributed by atoms with van der Waals surface area (Å²) in [6.07, 6.45) is 5.50. The number of methoxy groups -OCH3 is 1. The summed E-state index contributed by atoms with van der Waals surface area (Å²) in [7, 11) is 1.69. The third kappa shape index (κ3) is 4.94. The average molecular weight is 447 g/mol. The molecule has 3 aromatic rings. The van der Waals surface area contributed by atoms with Gasteiger partial charge in [0.25, 0.3) is 0 Å². The maximum absolute atomic E-state index is 5.30. The van der Waals surface area contributed by atoms with Crippen molar-refractivity contribution in [3.63, 3.8) is 0 Å². The van der Waals surface area contributed by atoms with Gasteiger partial charge in [0.1, 0.15) is 5.75 Å². The molecule has 0 spiro atoms. The molecule has 2 fully saturated rings. The van der Waals surface area contributed by atoms with Crippen molar-refractivity contribution >= 4 is 0 Å². The molecule has 2 heterocycles. The summed E-state index contributed by atoms with van der Waals surface area (Å²) in [5.41, 5.74) is 3.67. The zero-order valence-corrected chi connectivity index (χ0v) is 19.7. The van der Waals surface area contributed by atoms with E-state index in [1.807, 2.05) is 16.8 Å². The second-order valence-corrected chi connectivity index (χ2v) is 9.37. The highest BCUT2D eigenvalue weighted by molar-refractivity contribution is 5.30. The molecule has 7 heteroatoms. The molecule has 7 nitrogen and oxygen atoms in total. The minimum atomic E-state index is 0.0459. The molecule has 0 amide bonds. The van der Waals surface area contributed by atoms with Gasteiger partial charge < -0.3 is 4.74 Å². The van der Waals surface area contributed by atoms with E-state index in [0.717, 1.165) is 49.4 Å². The van der Waals surface area contributed by atoms with Gasteiger partial charge in [-0.2, -0.15) is 0 Å². The van der Waals surface area contributed by atoms with Gasteiger partial charge in [-0.15, -0.1) is 5.10 Å².